The van der Waals surface area contributed by atoms with Gasteiger partial charge in [-0.2, -0.15) is 0 Å². The van der Waals surface area contributed by atoms with Gasteiger partial charge in [0.2, 0.25) is 0 Å². The maximum absolute atomic E-state index is 9.84. The summed E-state index contributed by atoms with van der Waals surface area (Å²) in [6.45, 7) is 2.81. The van der Waals surface area contributed by atoms with Crippen LogP contribution in [-0.2, 0) is 0 Å². The number of anilines is 1. The van der Waals surface area contributed by atoms with Gasteiger partial charge in [0, 0.05) is 11.9 Å². The monoisotopic (exact) mass is 212 g/mol. The largest absolute Gasteiger partial charge is 0.390 e. The lowest BCUT2D eigenvalue weighted by Crippen LogP contribution is -2.38. The number of hydrogen-bond acceptors (Lipinski definition) is 4. The van der Waals surface area contributed by atoms with E-state index < -0.39 is 0 Å². The first-order valence-electron chi connectivity index (χ1n) is 5.06. The van der Waals surface area contributed by atoms with E-state index in [9.17, 15) is 5.11 Å². The van der Waals surface area contributed by atoms with E-state index in [0.29, 0.717) is 0 Å². The number of thiazole rings is 1. The standard InChI is InChI=1S/C10H16N2OS/c1-8-7-14-9(12-8)11-6-5-10(13)3-2-4-10/h7,13H,2-6H2,1H3,(H,11,12). The maximum atomic E-state index is 9.84. The van der Waals surface area contributed by atoms with Crippen LogP contribution in [0.15, 0.2) is 5.38 Å². The summed E-state index contributed by atoms with van der Waals surface area (Å²) in [5, 5.41) is 16.1. The van der Waals surface area contributed by atoms with Gasteiger partial charge in [-0.25, -0.2) is 4.98 Å². The molecule has 0 radical (unpaired) electrons. The second kappa shape index (κ2) is 3.87. The average molecular weight is 212 g/mol. The van der Waals surface area contributed by atoms with Crippen molar-refractivity contribution < 1.29 is 5.11 Å². The molecular weight excluding hydrogens is 196 g/mol. The molecule has 1 aromatic rings. The smallest absolute Gasteiger partial charge is 0.182 e. The first kappa shape index (κ1) is 9.93. The molecule has 0 aliphatic heterocycles. The lowest BCUT2D eigenvalue weighted by atomic mass is 9.78. The van der Waals surface area contributed by atoms with Crippen molar-refractivity contribution in [2.24, 2.45) is 0 Å². The van der Waals surface area contributed by atoms with Gasteiger partial charge in [-0.1, -0.05) is 0 Å². The topological polar surface area (TPSA) is 45.1 Å². The summed E-state index contributed by atoms with van der Waals surface area (Å²) in [6.07, 6.45) is 3.94. The third-order valence-electron chi connectivity index (χ3n) is 2.77. The van der Waals surface area contributed by atoms with E-state index in [4.69, 9.17) is 0 Å². The van der Waals surface area contributed by atoms with Crippen molar-refractivity contribution >= 4 is 16.5 Å². The second-order valence-corrected chi connectivity index (χ2v) is 4.91. The molecule has 3 nitrogen and oxygen atoms in total. The Morgan fingerprint density at radius 3 is 2.93 bits per heavy atom. The quantitative estimate of drug-likeness (QED) is 0.804. The second-order valence-electron chi connectivity index (χ2n) is 4.05. The number of nitrogens with one attached hydrogen (secondary N) is 1. The van der Waals surface area contributed by atoms with E-state index >= 15 is 0 Å². The molecule has 14 heavy (non-hydrogen) atoms. The van der Waals surface area contributed by atoms with Crippen LogP contribution in [0.4, 0.5) is 5.13 Å². The minimum Gasteiger partial charge on any atom is -0.390 e. The van der Waals surface area contributed by atoms with Crippen molar-refractivity contribution in [3.8, 4) is 0 Å². The van der Waals surface area contributed by atoms with Gasteiger partial charge in [0.25, 0.3) is 0 Å². The third-order valence-corrected chi connectivity index (χ3v) is 3.69. The highest BCUT2D eigenvalue weighted by molar-refractivity contribution is 7.13. The predicted molar refractivity (Wildman–Crippen MR) is 58.8 cm³/mol. The van der Waals surface area contributed by atoms with Crippen LogP contribution in [0.5, 0.6) is 0 Å². The molecule has 0 atom stereocenters. The van der Waals surface area contributed by atoms with Gasteiger partial charge in [0.05, 0.1) is 11.3 Å². The zero-order chi connectivity index (χ0) is 10.0. The molecule has 2 N–H and O–H groups in total. The number of rotatable bonds is 4. The molecule has 0 aromatic carbocycles. The van der Waals surface area contributed by atoms with Crippen molar-refractivity contribution in [3.05, 3.63) is 11.1 Å². The van der Waals surface area contributed by atoms with E-state index in [1.54, 1.807) is 11.3 Å². The van der Waals surface area contributed by atoms with Gasteiger partial charge in [0.15, 0.2) is 5.13 Å². The van der Waals surface area contributed by atoms with Crippen molar-refractivity contribution in [1.29, 1.82) is 0 Å². The molecule has 0 unspecified atom stereocenters. The zero-order valence-corrected chi connectivity index (χ0v) is 9.23. The molecule has 1 aliphatic rings. The predicted octanol–water partition coefficient (Wildman–Crippen LogP) is 2.17. The highest BCUT2D eigenvalue weighted by Gasteiger charge is 2.33. The molecule has 1 heterocycles. The first-order valence-corrected chi connectivity index (χ1v) is 5.94. The molecule has 1 aromatic heterocycles. The Bertz CT molecular complexity index is 307. The van der Waals surface area contributed by atoms with E-state index in [0.717, 1.165) is 36.6 Å². The average Bonchev–Trinajstić information content (AvgIpc) is 2.49. The van der Waals surface area contributed by atoms with E-state index in [1.165, 1.54) is 6.42 Å². The fourth-order valence-electron chi connectivity index (χ4n) is 1.67. The Balaban J connectivity index is 1.72. The lowest BCUT2D eigenvalue weighted by Gasteiger charge is -2.36. The van der Waals surface area contributed by atoms with Gasteiger partial charge < -0.3 is 10.4 Å². The molecule has 0 amide bonds. The molecule has 0 bridgehead atoms. The molecule has 1 aliphatic carbocycles. The maximum Gasteiger partial charge on any atom is 0.182 e. The summed E-state index contributed by atoms with van der Waals surface area (Å²) in [4.78, 5) is 4.30. The third kappa shape index (κ3) is 2.25. The summed E-state index contributed by atoms with van der Waals surface area (Å²) in [7, 11) is 0. The summed E-state index contributed by atoms with van der Waals surface area (Å²) in [5.41, 5.74) is 0.680. The van der Waals surface area contributed by atoms with Gasteiger partial charge >= 0.3 is 0 Å². The normalized spacial score (nSPS) is 19.0. The first-order chi connectivity index (χ1) is 6.68. The van der Waals surface area contributed by atoms with Crippen LogP contribution in [0.25, 0.3) is 0 Å². The van der Waals surface area contributed by atoms with Crippen LogP contribution < -0.4 is 5.32 Å². The number of aryl methyl sites for hydroxylation is 1. The van der Waals surface area contributed by atoms with E-state index in [-0.39, 0.29) is 5.60 Å². The van der Waals surface area contributed by atoms with Crippen LogP contribution in [0.2, 0.25) is 0 Å². The van der Waals surface area contributed by atoms with Crippen LogP contribution in [0.1, 0.15) is 31.4 Å². The molecule has 0 saturated heterocycles. The molecule has 1 fully saturated rings. The number of aliphatic hydroxyl groups is 1. The molecular formula is C10H16N2OS. The van der Waals surface area contributed by atoms with Crippen LogP contribution >= 0.6 is 11.3 Å². The van der Waals surface area contributed by atoms with Gasteiger partial charge in [-0.3, -0.25) is 0 Å². The minimum atomic E-state index is -0.376. The van der Waals surface area contributed by atoms with Crippen molar-refractivity contribution in [2.45, 2.75) is 38.2 Å². The number of aromatic nitrogens is 1. The zero-order valence-electron chi connectivity index (χ0n) is 8.42. The molecule has 78 valence electrons. The van der Waals surface area contributed by atoms with Gasteiger partial charge in [-0.15, -0.1) is 11.3 Å². The molecule has 4 heteroatoms. The van der Waals surface area contributed by atoms with Gasteiger partial charge in [-0.05, 0) is 32.6 Å². The fraction of sp³-hybridized carbons (Fsp3) is 0.700. The Hall–Kier alpha value is -0.610. The van der Waals surface area contributed by atoms with Crippen molar-refractivity contribution in [2.75, 3.05) is 11.9 Å². The van der Waals surface area contributed by atoms with Crippen molar-refractivity contribution in [1.82, 2.24) is 4.98 Å². The SMILES string of the molecule is Cc1csc(NCCC2(O)CCC2)n1. The molecule has 1 saturated carbocycles. The Morgan fingerprint density at radius 1 is 1.64 bits per heavy atom. The van der Waals surface area contributed by atoms with E-state index in [2.05, 4.69) is 10.3 Å². The molecule has 0 spiro atoms. The summed E-state index contributed by atoms with van der Waals surface area (Å²) < 4.78 is 0. The van der Waals surface area contributed by atoms with E-state index in [1.807, 2.05) is 12.3 Å². The van der Waals surface area contributed by atoms with Crippen LogP contribution in [0.3, 0.4) is 0 Å². The van der Waals surface area contributed by atoms with Gasteiger partial charge in [0.1, 0.15) is 0 Å². The van der Waals surface area contributed by atoms with Crippen molar-refractivity contribution in [3.63, 3.8) is 0 Å². The fourth-order valence-corrected chi connectivity index (χ4v) is 2.39. The summed E-state index contributed by atoms with van der Waals surface area (Å²) in [5.74, 6) is 0. The Kier molecular flexibility index (Phi) is 2.74. The minimum absolute atomic E-state index is 0.376. The summed E-state index contributed by atoms with van der Waals surface area (Å²) >= 11 is 1.62. The Morgan fingerprint density at radius 2 is 2.43 bits per heavy atom. The Labute approximate surface area is 88.2 Å². The highest BCUT2D eigenvalue weighted by Crippen LogP contribution is 2.34. The number of hydrogen-bond donors (Lipinski definition) is 2. The van der Waals surface area contributed by atoms with Crippen LogP contribution in [-0.4, -0.2) is 22.2 Å². The highest BCUT2D eigenvalue weighted by atomic mass is 32.1. The van der Waals surface area contributed by atoms with Crippen LogP contribution in [0, 0.1) is 6.92 Å². The lowest BCUT2D eigenvalue weighted by molar-refractivity contribution is -0.0370. The summed E-state index contributed by atoms with van der Waals surface area (Å²) in [6, 6.07) is 0. The number of nitrogens with zero attached hydrogens (tertiary/aromatic N) is 1. The molecule has 2 rings (SSSR count).